The Hall–Kier alpha value is -4.34. The maximum Gasteiger partial charge on any atom is 0.265 e. The van der Waals surface area contributed by atoms with Crippen LogP contribution in [0.1, 0.15) is 42.7 Å². The van der Waals surface area contributed by atoms with Gasteiger partial charge in [0, 0.05) is 48.5 Å². The zero-order chi connectivity index (χ0) is 30.2. The molecule has 3 aliphatic heterocycles. The van der Waals surface area contributed by atoms with E-state index >= 15 is 0 Å². The Kier molecular flexibility index (Phi) is 7.74. The lowest BCUT2D eigenvalue weighted by Crippen LogP contribution is -2.30. The highest BCUT2D eigenvalue weighted by Crippen LogP contribution is 2.36. The first-order valence-electron chi connectivity index (χ1n) is 15.6. The molecule has 226 valence electrons. The Morgan fingerprint density at radius 2 is 1.73 bits per heavy atom. The Labute approximate surface area is 257 Å². The van der Waals surface area contributed by atoms with Crippen molar-refractivity contribution in [2.75, 3.05) is 45.6 Å². The van der Waals surface area contributed by atoms with Crippen molar-refractivity contribution < 1.29 is 4.74 Å². The van der Waals surface area contributed by atoms with E-state index in [1.165, 1.54) is 11.1 Å². The molecule has 0 saturated carbocycles. The van der Waals surface area contributed by atoms with Gasteiger partial charge in [0.05, 0.1) is 0 Å². The van der Waals surface area contributed by atoms with E-state index in [0.717, 1.165) is 67.8 Å². The summed E-state index contributed by atoms with van der Waals surface area (Å²) in [5, 5.41) is 4.10. The number of hydrogen-bond donors (Lipinski definition) is 1. The van der Waals surface area contributed by atoms with Crippen molar-refractivity contribution in [1.29, 1.82) is 0 Å². The van der Waals surface area contributed by atoms with Gasteiger partial charge < -0.3 is 19.9 Å². The monoisotopic (exact) mass is 589 g/mol. The number of aryl methyl sites for hydroxylation is 1. The lowest BCUT2D eigenvalue weighted by atomic mass is 9.84. The smallest absolute Gasteiger partial charge is 0.265 e. The number of likely N-dealkylation sites (tertiary alicyclic amines) is 2. The Morgan fingerprint density at radius 1 is 0.932 bits per heavy atom. The van der Waals surface area contributed by atoms with Gasteiger partial charge in [0.25, 0.3) is 5.56 Å². The van der Waals surface area contributed by atoms with Crippen LogP contribution in [0, 0.1) is 6.92 Å². The number of aromatic nitrogens is 3. The lowest BCUT2D eigenvalue weighted by Gasteiger charge is -2.30. The summed E-state index contributed by atoms with van der Waals surface area (Å²) in [5.74, 6) is 2.34. The van der Waals surface area contributed by atoms with Crippen LogP contribution in [-0.2, 0) is 0 Å². The van der Waals surface area contributed by atoms with E-state index < -0.39 is 0 Å². The molecule has 4 aromatic rings. The van der Waals surface area contributed by atoms with Crippen LogP contribution >= 0.6 is 0 Å². The second kappa shape index (κ2) is 12.0. The van der Waals surface area contributed by atoms with Crippen molar-refractivity contribution in [2.24, 2.45) is 4.99 Å². The highest BCUT2D eigenvalue weighted by molar-refractivity contribution is 5.96. The summed E-state index contributed by atoms with van der Waals surface area (Å²) in [6.07, 6.45) is 9.49. The first-order chi connectivity index (χ1) is 21.4. The zero-order valence-corrected chi connectivity index (χ0v) is 25.7. The molecule has 0 amide bonds. The number of likely N-dealkylation sites (N-methyl/N-ethyl adjacent to an activating group) is 1. The fourth-order valence-corrected chi connectivity index (χ4v) is 6.60. The summed E-state index contributed by atoms with van der Waals surface area (Å²) in [6.45, 7) is 6.23. The molecule has 7 rings (SSSR count). The van der Waals surface area contributed by atoms with Gasteiger partial charge in [0.15, 0.2) is 5.65 Å². The molecular weight excluding hydrogens is 550 g/mol. The van der Waals surface area contributed by atoms with Crippen LogP contribution in [0.15, 0.2) is 76.8 Å². The molecular formula is C35H39N7O2. The molecule has 44 heavy (non-hydrogen) atoms. The Balaban J connectivity index is 1.24. The number of fused-ring (bicyclic) bond motifs is 1. The number of benzene rings is 2. The minimum absolute atomic E-state index is 0.110. The first-order valence-corrected chi connectivity index (χ1v) is 15.6. The molecule has 9 nitrogen and oxygen atoms in total. The minimum Gasteiger partial charge on any atom is -0.489 e. The Morgan fingerprint density at radius 3 is 2.45 bits per heavy atom. The Bertz CT molecular complexity index is 1800. The molecule has 2 aromatic heterocycles. The molecule has 1 atom stereocenters. The molecule has 2 saturated heterocycles. The van der Waals surface area contributed by atoms with Crippen molar-refractivity contribution in [3.05, 3.63) is 88.5 Å². The van der Waals surface area contributed by atoms with Gasteiger partial charge in [-0.25, -0.2) is 14.5 Å². The zero-order valence-electron chi connectivity index (χ0n) is 25.7. The fraction of sp³-hybridized carbons (Fsp3) is 0.371. The SMILES string of the molecule is Cc1ccc(-c2cc3cnc(Nc4ccc(OC5CCN(C)C5)cc4)nc3n(C3=NC=CC3)c2=O)c(C2CCN(C)CC2)c1. The van der Waals surface area contributed by atoms with Crippen LogP contribution < -0.4 is 15.6 Å². The molecule has 2 fully saturated rings. The van der Waals surface area contributed by atoms with Crippen LogP contribution in [0.2, 0.25) is 0 Å². The van der Waals surface area contributed by atoms with Crippen molar-refractivity contribution in [3.8, 4) is 16.9 Å². The molecule has 9 heteroatoms. The first kappa shape index (κ1) is 28.4. The standard InChI is InChI=1S/C35H39N7O2/c1-23-6-11-29(30(19-23)24-12-16-40(2)17-13-24)31-20-25-21-37-35(39-33(25)42(34(31)43)32-5-4-15-36-32)38-26-7-9-27(10-8-26)44-28-14-18-41(3)22-28/h4,6-11,15,19-21,24,28H,5,12-14,16-18,22H2,1-3H3,(H,37,38,39). The van der Waals surface area contributed by atoms with Gasteiger partial charge >= 0.3 is 0 Å². The molecule has 2 aromatic carbocycles. The third kappa shape index (κ3) is 5.77. The van der Waals surface area contributed by atoms with Crippen LogP contribution in [0.25, 0.3) is 22.2 Å². The van der Waals surface area contributed by atoms with Crippen LogP contribution in [0.3, 0.4) is 0 Å². The van der Waals surface area contributed by atoms with E-state index in [-0.39, 0.29) is 11.7 Å². The molecule has 1 N–H and O–H groups in total. The number of hydrogen-bond acceptors (Lipinski definition) is 8. The maximum absolute atomic E-state index is 14.4. The number of anilines is 2. The summed E-state index contributed by atoms with van der Waals surface area (Å²) >= 11 is 0. The highest BCUT2D eigenvalue weighted by Gasteiger charge is 2.25. The van der Waals surface area contributed by atoms with Crippen LogP contribution in [-0.4, -0.2) is 76.5 Å². The van der Waals surface area contributed by atoms with Gasteiger partial charge in [-0.15, -0.1) is 0 Å². The molecule has 5 heterocycles. The number of nitrogens with one attached hydrogen (secondary N) is 1. The quantitative estimate of drug-likeness (QED) is 0.315. The van der Waals surface area contributed by atoms with Crippen LogP contribution in [0.5, 0.6) is 5.75 Å². The van der Waals surface area contributed by atoms with E-state index in [2.05, 4.69) is 64.3 Å². The summed E-state index contributed by atoms with van der Waals surface area (Å²) in [4.78, 5) is 33.1. The van der Waals surface area contributed by atoms with Crippen molar-refractivity contribution >= 4 is 28.5 Å². The summed E-state index contributed by atoms with van der Waals surface area (Å²) in [7, 11) is 4.29. The summed E-state index contributed by atoms with van der Waals surface area (Å²) < 4.78 is 7.81. The number of piperidine rings is 1. The second-order valence-electron chi connectivity index (χ2n) is 12.4. The van der Waals surface area contributed by atoms with Crippen LogP contribution in [0.4, 0.5) is 11.6 Å². The minimum atomic E-state index is -0.110. The van der Waals surface area contributed by atoms with E-state index in [9.17, 15) is 4.79 Å². The molecule has 0 spiro atoms. The van der Waals surface area contributed by atoms with Gasteiger partial charge in [-0.3, -0.25) is 4.79 Å². The van der Waals surface area contributed by atoms with Gasteiger partial charge in [-0.05, 0) is 101 Å². The number of pyridine rings is 1. The number of ether oxygens (including phenoxy) is 1. The average molecular weight is 590 g/mol. The third-order valence-electron chi connectivity index (χ3n) is 9.05. The predicted molar refractivity (Wildman–Crippen MR) is 176 cm³/mol. The van der Waals surface area contributed by atoms with Crippen molar-refractivity contribution in [2.45, 2.75) is 44.6 Å². The lowest BCUT2D eigenvalue weighted by molar-refractivity contribution is 0.208. The topological polar surface area (TPSA) is 87.9 Å². The highest BCUT2D eigenvalue weighted by atomic mass is 16.5. The average Bonchev–Trinajstić information content (AvgIpc) is 3.70. The molecule has 1 unspecified atom stereocenters. The van der Waals surface area contributed by atoms with Gasteiger partial charge in [0.1, 0.15) is 17.7 Å². The second-order valence-corrected chi connectivity index (χ2v) is 12.4. The largest absolute Gasteiger partial charge is 0.489 e. The number of rotatable bonds is 6. The predicted octanol–water partition coefficient (Wildman–Crippen LogP) is 5.57. The molecule has 0 bridgehead atoms. The van der Waals surface area contributed by atoms with Crippen molar-refractivity contribution in [1.82, 2.24) is 24.3 Å². The van der Waals surface area contributed by atoms with E-state index in [0.29, 0.717) is 35.3 Å². The van der Waals surface area contributed by atoms with Crippen molar-refractivity contribution in [3.63, 3.8) is 0 Å². The van der Waals surface area contributed by atoms with Gasteiger partial charge in [0.2, 0.25) is 5.95 Å². The maximum atomic E-state index is 14.4. The van der Waals surface area contributed by atoms with E-state index in [1.54, 1.807) is 17.0 Å². The molecule has 0 aliphatic carbocycles. The van der Waals surface area contributed by atoms with E-state index in [1.807, 2.05) is 36.4 Å². The van der Waals surface area contributed by atoms with E-state index in [4.69, 9.17) is 9.72 Å². The number of allylic oxidation sites excluding steroid dienone is 1. The fourth-order valence-electron chi connectivity index (χ4n) is 6.60. The molecule has 3 aliphatic rings. The molecule has 0 radical (unpaired) electrons. The summed E-state index contributed by atoms with van der Waals surface area (Å²) in [5.41, 5.74) is 5.38. The number of aliphatic imine (C=N–C) groups is 1. The third-order valence-corrected chi connectivity index (χ3v) is 9.05. The van der Waals surface area contributed by atoms with Gasteiger partial charge in [-0.1, -0.05) is 29.8 Å². The van der Waals surface area contributed by atoms with Gasteiger partial charge in [-0.2, -0.15) is 4.98 Å². The summed E-state index contributed by atoms with van der Waals surface area (Å²) in [6, 6.07) is 16.3. The number of nitrogens with zero attached hydrogens (tertiary/aromatic N) is 6. The normalized spacial score (nSPS) is 19.5.